The molecule has 1 aromatic carbocycles. The highest BCUT2D eigenvalue weighted by atomic mass is 19.1. The van der Waals surface area contributed by atoms with Gasteiger partial charge in [0.1, 0.15) is 5.82 Å². The molecule has 0 radical (unpaired) electrons. The van der Waals surface area contributed by atoms with Gasteiger partial charge in [0.15, 0.2) is 0 Å². The normalized spacial score (nSPS) is 25.4. The third-order valence-electron chi connectivity index (χ3n) is 5.61. The van der Waals surface area contributed by atoms with Gasteiger partial charge in [0.05, 0.1) is 6.54 Å². The summed E-state index contributed by atoms with van der Waals surface area (Å²) in [4.78, 5) is 16.9. The summed E-state index contributed by atoms with van der Waals surface area (Å²) in [6, 6.07) is 7.04. The first kappa shape index (κ1) is 18.2. The van der Waals surface area contributed by atoms with Gasteiger partial charge in [-0.25, -0.2) is 4.39 Å². The van der Waals surface area contributed by atoms with Crippen molar-refractivity contribution in [3.05, 3.63) is 30.1 Å². The fraction of sp³-hybridized carbons (Fsp3) is 0.650. The van der Waals surface area contributed by atoms with E-state index in [2.05, 4.69) is 22.0 Å². The summed E-state index contributed by atoms with van der Waals surface area (Å²) in [5.41, 5.74) is 1.06. The zero-order valence-electron chi connectivity index (χ0n) is 15.2. The van der Waals surface area contributed by atoms with Crippen molar-refractivity contribution in [2.45, 2.75) is 45.1 Å². The summed E-state index contributed by atoms with van der Waals surface area (Å²) in [5, 5.41) is 3.25. The van der Waals surface area contributed by atoms with Crippen LogP contribution >= 0.6 is 0 Å². The molecule has 0 bridgehead atoms. The van der Waals surface area contributed by atoms with Crippen LogP contribution in [0.3, 0.4) is 0 Å². The number of hydrogen-bond acceptors (Lipinski definition) is 3. The molecule has 1 aliphatic heterocycles. The van der Waals surface area contributed by atoms with Gasteiger partial charge in [-0.2, -0.15) is 0 Å². The Bertz CT molecular complexity index is 563. The van der Waals surface area contributed by atoms with E-state index in [0.717, 1.165) is 44.7 Å². The molecule has 5 heteroatoms. The van der Waals surface area contributed by atoms with Gasteiger partial charge in [-0.3, -0.25) is 9.69 Å². The number of hydrogen-bond donors (Lipinski definition) is 1. The van der Waals surface area contributed by atoms with Crippen LogP contribution in [0.2, 0.25) is 0 Å². The molecule has 1 saturated carbocycles. The van der Waals surface area contributed by atoms with Gasteiger partial charge in [0, 0.05) is 37.9 Å². The molecule has 0 aromatic heterocycles. The molecular weight excluding hydrogens is 317 g/mol. The number of amides is 1. The highest BCUT2D eigenvalue weighted by Gasteiger charge is 2.24. The van der Waals surface area contributed by atoms with Crippen LogP contribution in [0.15, 0.2) is 24.3 Å². The molecule has 4 nitrogen and oxygen atoms in total. The van der Waals surface area contributed by atoms with E-state index >= 15 is 0 Å². The molecule has 25 heavy (non-hydrogen) atoms. The average molecular weight is 347 g/mol. The maximum absolute atomic E-state index is 13.1. The Morgan fingerprint density at radius 2 is 1.84 bits per heavy atom. The minimum atomic E-state index is -0.200. The second kappa shape index (κ2) is 8.65. The highest BCUT2D eigenvalue weighted by molar-refractivity contribution is 5.78. The Labute approximate surface area is 150 Å². The Morgan fingerprint density at radius 1 is 1.08 bits per heavy atom. The van der Waals surface area contributed by atoms with Crippen molar-refractivity contribution in [2.75, 3.05) is 37.6 Å². The van der Waals surface area contributed by atoms with Crippen molar-refractivity contribution in [1.82, 2.24) is 10.2 Å². The number of carbonyl (C=O) groups is 1. The topological polar surface area (TPSA) is 35.6 Å². The van der Waals surface area contributed by atoms with Crippen LogP contribution in [0.4, 0.5) is 10.1 Å². The Hall–Kier alpha value is -1.62. The summed E-state index contributed by atoms with van der Waals surface area (Å²) < 4.78 is 13.1. The largest absolute Gasteiger partial charge is 0.370 e. The maximum Gasteiger partial charge on any atom is 0.234 e. The monoisotopic (exact) mass is 347 g/mol. The van der Waals surface area contributed by atoms with Crippen LogP contribution in [0.1, 0.15) is 39.0 Å². The van der Waals surface area contributed by atoms with Gasteiger partial charge in [0.2, 0.25) is 5.91 Å². The number of nitrogens with one attached hydrogen (secondary N) is 1. The molecule has 1 aliphatic carbocycles. The van der Waals surface area contributed by atoms with E-state index < -0.39 is 0 Å². The van der Waals surface area contributed by atoms with Gasteiger partial charge >= 0.3 is 0 Å². The fourth-order valence-electron chi connectivity index (χ4n) is 4.03. The van der Waals surface area contributed by atoms with E-state index in [0.29, 0.717) is 18.5 Å². The predicted octanol–water partition coefficient (Wildman–Crippen LogP) is 3.03. The van der Waals surface area contributed by atoms with Crippen molar-refractivity contribution >= 4 is 11.6 Å². The quantitative estimate of drug-likeness (QED) is 0.909. The Balaban J connectivity index is 1.47. The molecule has 3 rings (SSSR count). The van der Waals surface area contributed by atoms with Crippen LogP contribution < -0.4 is 10.2 Å². The number of nitrogens with zero attached hydrogens (tertiary/aromatic N) is 2. The zero-order valence-corrected chi connectivity index (χ0v) is 15.2. The first-order chi connectivity index (χ1) is 12.1. The maximum atomic E-state index is 13.1. The lowest BCUT2D eigenvalue weighted by atomic mass is 9.86. The van der Waals surface area contributed by atoms with Gasteiger partial charge < -0.3 is 10.2 Å². The molecular formula is C20H30FN3O. The first-order valence-corrected chi connectivity index (χ1v) is 9.64. The lowest BCUT2D eigenvalue weighted by Crippen LogP contribution is -2.46. The van der Waals surface area contributed by atoms with Gasteiger partial charge in [-0.05, 0) is 49.4 Å². The number of halogens is 1. The van der Waals surface area contributed by atoms with E-state index in [1.807, 2.05) is 12.1 Å². The molecule has 1 amide bonds. The van der Waals surface area contributed by atoms with Crippen LogP contribution in [-0.4, -0.2) is 49.6 Å². The summed E-state index contributed by atoms with van der Waals surface area (Å²) in [7, 11) is 0. The fourth-order valence-corrected chi connectivity index (χ4v) is 4.03. The van der Waals surface area contributed by atoms with Gasteiger partial charge in [0.25, 0.3) is 0 Å². The summed E-state index contributed by atoms with van der Waals surface area (Å²) in [5.74, 6) is 0.554. The molecule has 2 fully saturated rings. The van der Waals surface area contributed by atoms with Crippen LogP contribution in [0, 0.1) is 11.7 Å². The van der Waals surface area contributed by atoms with Crippen LogP contribution in [0.5, 0.6) is 0 Å². The summed E-state index contributed by atoms with van der Waals surface area (Å²) in [6.07, 6.45) is 5.88. The van der Waals surface area contributed by atoms with E-state index in [4.69, 9.17) is 0 Å². The number of anilines is 1. The van der Waals surface area contributed by atoms with Crippen molar-refractivity contribution in [2.24, 2.45) is 5.92 Å². The lowest BCUT2D eigenvalue weighted by Gasteiger charge is -2.30. The third-order valence-corrected chi connectivity index (χ3v) is 5.61. The van der Waals surface area contributed by atoms with Crippen molar-refractivity contribution in [3.8, 4) is 0 Å². The standard InChI is InChI=1S/C20H30FN3O/c1-16-5-2-3-6-19(16)22-20(25)15-23-11-4-12-24(14-13-23)18-9-7-17(21)8-10-18/h7-10,16,19H,2-6,11-15H2,1H3,(H,22,25). The molecule has 138 valence electrons. The second-order valence-corrected chi connectivity index (χ2v) is 7.53. The zero-order chi connectivity index (χ0) is 17.6. The van der Waals surface area contributed by atoms with Crippen molar-refractivity contribution in [3.63, 3.8) is 0 Å². The minimum Gasteiger partial charge on any atom is -0.370 e. The van der Waals surface area contributed by atoms with E-state index in [1.54, 1.807) is 0 Å². The second-order valence-electron chi connectivity index (χ2n) is 7.53. The first-order valence-electron chi connectivity index (χ1n) is 9.64. The van der Waals surface area contributed by atoms with Crippen molar-refractivity contribution < 1.29 is 9.18 Å². The van der Waals surface area contributed by atoms with Crippen LogP contribution in [0.25, 0.3) is 0 Å². The molecule has 2 unspecified atom stereocenters. The number of rotatable bonds is 4. The summed E-state index contributed by atoms with van der Waals surface area (Å²) >= 11 is 0. The Kier molecular flexibility index (Phi) is 6.29. The molecule has 0 spiro atoms. The predicted molar refractivity (Wildman–Crippen MR) is 99.2 cm³/mol. The average Bonchev–Trinajstić information content (AvgIpc) is 2.83. The third kappa shape index (κ3) is 5.18. The number of benzene rings is 1. The van der Waals surface area contributed by atoms with Gasteiger partial charge in [-0.1, -0.05) is 19.8 Å². The highest BCUT2D eigenvalue weighted by Crippen LogP contribution is 2.23. The molecule has 1 N–H and O–H groups in total. The number of carbonyl (C=O) groups excluding carboxylic acids is 1. The lowest BCUT2D eigenvalue weighted by molar-refractivity contribution is -0.123. The SMILES string of the molecule is CC1CCCCC1NC(=O)CN1CCCN(c2ccc(F)cc2)CC1. The molecule has 2 aliphatic rings. The molecule has 1 heterocycles. The van der Waals surface area contributed by atoms with Crippen molar-refractivity contribution in [1.29, 1.82) is 0 Å². The van der Waals surface area contributed by atoms with Gasteiger partial charge in [-0.15, -0.1) is 0 Å². The van der Waals surface area contributed by atoms with E-state index in [9.17, 15) is 9.18 Å². The molecule has 2 atom stereocenters. The van der Waals surface area contributed by atoms with E-state index in [-0.39, 0.29) is 11.7 Å². The molecule has 1 saturated heterocycles. The van der Waals surface area contributed by atoms with E-state index in [1.165, 1.54) is 31.4 Å². The molecule has 1 aromatic rings. The Morgan fingerprint density at radius 3 is 2.60 bits per heavy atom. The summed E-state index contributed by atoms with van der Waals surface area (Å²) in [6.45, 7) is 6.36. The minimum absolute atomic E-state index is 0.161. The van der Waals surface area contributed by atoms with Crippen LogP contribution in [-0.2, 0) is 4.79 Å². The smallest absolute Gasteiger partial charge is 0.234 e.